The average molecular weight is 390 g/mol. The lowest BCUT2D eigenvalue weighted by atomic mass is 10.1. The van der Waals surface area contributed by atoms with Crippen molar-refractivity contribution in [2.45, 2.75) is 18.9 Å². The van der Waals surface area contributed by atoms with Gasteiger partial charge in [-0.25, -0.2) is 0 Å². The standard InChI is InChI=1S/C18H27N3O2.2ClH/c22-18(17-13-19-8-11-23-17)20-12-16-7-10-21(14-16)9-6-15-4-2-1-3-5-15;;/h1-5,16-17,19H,6-14H2,(H,20,22);2*1H. The van der Waals surface area contributed by atoms with E-state index in [0.717, 1.165) is 39.1 Å². The van der Waals surface area contributed by atoms with Crippen LogP contribution in [0.25, 0.3) is 0 Å². The number of nitrogens with one attached hydrogen (secondary N) is 2. The van der Waals surface area contributed by atoms with Crippen molar-refractivity contribution in [3.8, 4) is 0 Å². The van der Waals surface area contributed by atoms with Crippen molar-refractivity contribution in [1.29, 1.82) is 0 Å². The highest BCUT2D eigenvalue weighted by Gasteiger charge is 2.25. The molecular weight excluding hydrogens is 361 g/mol. The van der Waals surface area contributed by atoms with Crippen LogP contribution in [-0.2, 0) is 16.0 Å². The molecule has 2 aliphatic rings. The van der Waals surface area contributed by atoms with Gasteiger partial charge in [0.25, 0.3) is 0 Å². The SMILES string of the molecule is Cl.Cl.O=C(NCC1CCN(CCc2ccccc2)C1)C1CNCCO1. The maximum atomic E-state index is 12.1. The molecule has 2 N–H and O–H groups in total. The number of nitrogens with zero attached hydrogens (tertiary/aromatic N) is 1. The van der Waals surface area contributed by atoms with E-state index in [2.05, 4.69) is 45.9 Å². The molecule has 0 spiro atoms. The van der Waals surface area contributed by atoms with Crippen LogP contribution in [0.2, 0.25) is 0 Å². The van der Waals surface area contributed by atoms with Gasteiger partial charge in [-0.1, -0.05) is 30.3 Å². The molecule has 2 aliphatic heterocycles. The minimum absolute atomic E-state index is 0. The van der Waals surface area contributed by atoms with E-state index < -0.39 is 0 Å². The molecule has 2 unspecified atom stereocenters. The number of halogens is 2. The maximum Gasteiger partial charge on any atom is 0.250 e. The Bertz CT molecular complexity index is 498. The lowest BCUT2D eigenvalue weighted by molar-refractivity contribution is -0.134. The Hall–Kier alpha value is -0.850. The molecule has 1 amide bonds. The number of hydrogen-bond donors (Lipinski definition) is 2. The molecule has 0 aliphatic carbocycles. The fourth-order valence-corrected chi connectivity index (χ4v) is 3.31. The fourth-order valence-electron chi connectivity index (χ4n) is 3.31. The third kappa shape index (κ3) is 7.12. The van der Waals surface area contributed by atoms with Crippen LogP contribution in [0.3, 0.4) is 0 Å². The Morgan fingerprint density at radius 2 is 2.08 bits per heavy atom. The maximum absolute atomic E-state index is 12.1. The van der Waals surface area contributed by atoms with Gasteiger partial charge in [0.1, 0.15) is 6.10 Å². The zero-order valence-electron chi connectivity index (χ0n) is 14.5. The number of likely N-dealkylation sites (tertiary alicyclic amines) is 1. The molecule has 142 valence electrons. The number of amides is 1. The number of benzene rings is 1. The van der Waals surface area contributed by atoms with Crippen molar-refractivity contribution >= 4 is 30.7 Å². The van der Waals surface area contributed by atoms with Crippen LogP contribution in [0.1, 0.15) is 12.0 Å². The molecule has 3 rings (SSSR count). The highest BCUT2D eigenvalue weighted by molar-refractivity contribution is 5.85. The summed E-state index contributed by atoms with van der Waals surface area (Å²) >= 11 is 0. The molecule has 2 saturated heterocycles. The first kappa shape index (κ1) is 22.2. The Labute approximate surface area is 162 Å². The zero-order chi connectivity index (χ0) is 15.9. The van der Waals surface area contributed by atoms with Gasteiger partial charge in [0.2, 0.25) is 5.91 Å². The van der Waals surface area contributed by atoms with Crippen LogP contribution < -0.4 is 10.6 Å². The normalized spacial score (nSPS) is 23.4. The van der Waals surface area contributed by atoms with Crippen LogP contribution in [-0.4, -0.2) is 62.8 Å². The van der Waals surface area contributed by atoms with E-state index in [9.17, 15) is 4.79 Å². The van der Waals surface area contributed by atoms with Crippen LogP contribution >= 0.6 is 24.8 Å². The predicted molar refractivity (Wildman–Crippen MR) is 105 cm³/mol. The summed E-state index contributed by atoms with van der Waals surface area (Å²) in [4.78, 5) is 14.6. The number of carbonyl (C=O) groups excluding carboxylic acids is 1. The van der Waals surface area contributed by atoms with E-state index in [1.54, 1.807) is 0 Å². The average Bonchev–Trinajstić information content (AvgIpc) is 3.07. The number of hydrogen-bond acceptors (Lipinski definition) is 4. The van der Waals surface area contributed by atoms with Crippen LogP contribution in [0.15, 0.2) is 30.3 Å². The quantitative estimate of drug-likeness (QED) is 0.773. The van der Waals surface area contributed by atoms with Crippen molar-refractivity contribution in [2.24, 2.45) is 5.92 Å². The summed E-state index contributed by atoms with van der Waals surface area (Å²) in [6, 6.07) is 10.6. The lowest BCUT2D eigenvalue weighted by Gasteiger charge is -2.23. The van der Waals surface area contributed by atoms with E-state index in [1.807, 2.05) is 0 Å². The molecule has 5 nitrogen and oxygen atoms in total. The summed E-state index contributed by atoms with van der Waals surface area (Å²) in [5.74, 6) is 0.589. The first-order chi connectivity index (χ1) is 11.3. The second-order valence-corrected chi connectivity index (χ2v) is 6.50. The second kappa shape index (κ2) is 11.7. The van der Waals surface area contributed by atoms with E-state index in [1.165, 1.54) is 12.0 Å². The molecule has 2 heterocycles. The Morgan fingerprint density at radius 3 is 2.80 bits per heavy atom. The van der Waals surface area contributed by atoms with Crippen molar-refractivity contribution in [3.05, 3.63) is 35.9 Å². The predicted octanol–water partition coefficient (Wildman–Crippen LogP) is 1.50. The van der Waals surface area contributed by atoms with Gasteiger partial charge in [-0.05, 0) is 30.9 Å². The van der Waals surface area contributed by atoms with E-state index >= 15 is 0 Å². The van der Waals surface area contributed by atoms with Gasteiger partial charge in [0.15, 0.2) is 0 Å². The van der Waals surface area contributed by atoms with E-state index in [-0.39, 0.29) is 36.8 Å². The van der Waals surface area contributed by atoms with Gasteiger partial charge < -0.3 is 20.3 Å². The van der Waals surface area contributed by atoms with Crippen LogP contribution in [0.4, 0.5) is 0 Å². The molecule has 25 heavy (non-hydrogen) atoms. The minimum Gasteiger partial charge on any atom is -0.366 e. The molecule has 0 bridgehead atoms. The van der Waals surface area contributed by atoms with E-state index in [4.69, 9.17) is 4.74 Å². The highest BCUT2D eigenvalue weighted by atomic mass is 35.5. The largest absolute Gasteiger partial charge is 0.366 e. The summed E-state index contributed by atoms with van der Waals surface area (Å²) in [6.07, 6.45) is 1.94. The lowest BCUT2D eigenvalue weighted by Crippen LogP contribution is -2.48. The number of morpholine rings is 1. The van der Waals surface area contributed by atoms with Crippen molar-refractivity contribution in [3.63, 3.8) is 0 Å². The molecule has 7 heteroatoms. The second-order valence-electron chi connectivity index (χ2n) is 6.50. The molecule has 0 radical (unpaired) electrons. The molecule has 0 aromatic heterocycles. The number of rotatable bonds is 6. The van der Waals surface area contributed by atoms with Gasteiger partial charge in [0.05, 0.1) is 6.61 Å². The topological polar surface area (TPSA) is 53.6 Å². The minimum atomic E-state index is -0.320. The van der Waals surface area contributed by atoms with Gasteiger partial charge in [-0.3, -0.25) is 4.79 Å². The first-order valence-electron chi connectivity index (χ1n) is 8.67. The summed E-state index contributed by atoms with van der Waals surface area (Å²) in [7, 11) is 0. The first-order valence-corrected chi connectivity index (χ1v) is 8.67. The van der Waals surface area contributed by atoms with Gasteiger partial charge >= 0.3 is 0 Å². The molecule has 1 aromatic carbocycles. The molecule has 2 atom stereocenters. The Morgan fingerprint density at radius 1 is 1.28 bits per heavy atom. The molecule has 2 fully saturated rings. The Balaban J connectivity index is 0.00000156. The molecule has 0 saturated carbocycles. The Kier molecular flexibility index (Phi) is 10.4. The fraction of sp³-hybridized carbons (Fsp3) is 0.611. The summed E-state index contributed by atoms with van der Waals surface area (Å²) in [5.41, 5.74) is 1.39. The van der Waals surface area contributed by atoms with E-state index in [0.29, 0.717) is 19.1 Å². The third-order valence-electron chi connectivity index (χ3n) is 4.71. The van der Waals surface area contributed by atoms with Crippen molar-refractivity contribution < 1.29 is 9.53 Å². The van der Waals surface area contributed by atoms with Crippen molar-refractivity contribution in [1.82, 2.24) is 15.5 Å². The summed E-state index contributed by atoms with van der Waals surface area (Å²) in [5, 5.41) is 6.25. The van der Waals surface area contributed by atoms with Crippen molar-refractivity contribution in [2.75, 3.05) is 45.9 Å². The number of ether oxygens (including phenoxy) is 1. The monoisotopic (exact) mass is 389 g/mol. The molecular formula is C18H29Cl2N3O2. The van der Waals surface area contributed by atoms with Crippen LogP contribution in [0.5, 0.6) is 0 Å². The van der Waals surface area contributed by atoms with Gasteiger partial charge in [0, 0.05) is 32.7 Å². The summed E-state index contributed by atoms with van der Waals surface area (Å²) < 4.78 is 5.48. The van der Waals surface area contributed by atoms with Gasteiger partial charge in [-0.2, -0.15) is 0 Å². The smallest absolute Gasteiger partial charge is 0.250 e. The highest BCUT2D eigenvalue weighted by Crippen LogP contribution is 2.16. The third-order valence-corrected chi connectivity index (χ3v) is 4.71. The van der Waals surface area contributed by atoms with Crippen LogP contribution in [0, 0.1) is 5.92 Å². The molecule has 1 aromatic rings. The summed E-state index contributed by atoms with van der Waals surface area (Å²) in [6.45, 7) is 6.16. The number of carbonyl (C=O) groups is 1. The zero-order valence-corrected chi connectivity index (χ0v) is 16.1. The van der Waals surface area contributed by atoms with Gasteiger partial charge in [-0.15, -0.1) is 24.8 Å².